The lowest BCUT2D eigenvalue weighted by Gasteiger charge is -2.04. The number of hydrogen-bond donors (Lipinski definition) is 0. The van der Waals surface area contributed by atoms with E-state index in [-0.39, 0.29) is 5.97 Å². The molecule has 16 heavy (non-hydrogen) atoms. The van der Waals surface area contributed by atoms with E-state index in [1.807, 2.05) is 13.0 Å². The van der Waals surface area contributed by atoms with Gasteiger partial charge in [-0.2, -0.15) is 0 Å². The highest BCUT2D eigenvalue weighted by molar-refractivity contribution is 7.99. The molecule has 0 saturated carbocycles. The number of carbonyl (C=O) groups excluding carboxylic acids is 1. The van der Waals surface area contributed by atoms with Crippen molar-refractivity contribution in [1.29, 1.82) is 0 Å². The second kappa shape index (κ2) is 7.34. The van der Waals surface area contributed by atoms with E-state index in [0.717, 1.165) is 12.2 Å². The lowest BCUT2D eigenvalue weighted by atomic mass is 10.2. The number of aryl methyl sites for hydroxylation is 1. The van der Waals surface area contributed by atoms with Crippen molar-refractivity contribution in [3.8, 4) is 0 Å². The molecule has 0 fully saturated rings. The maximum atomic E-state index is 11.2. The van der Waals surface area contributed by atoms with Crippen LogP contribution in [0.15, 0.2) is 24.3 Å². The Labute approximate surface area is 101 Å². The molecule has 0 unspecified atom stereocenters. The lowest BCUT2D eigenvalue weighted by molar-refractivity contribution is -0.140. The standard InChI is InChI=1S/C13H18O2S/c1-3-7-15-13(14)10-16-9-12-6-4-5-11(2)8-12/h4-6,8H,3,7,9-10H2,1-2H3. The molecule has 1 rings (SSSR count). The highest BCUT2D eigenvalue weighted by atomic mass is 32.2. The van der Waals surface area contributed by atoms with Crippen LogP contribution in [0.2, 0.25) is 0 Å². The van der Waals surface area contributed by atoms with Gasteiger partial charge in [0.1, 0.15) is 0 Å². The summed E-state index contributed by atoms with van der Waals surface area (Å²) in [5, 5.41) is 0. The third-order valence-electron chi connectivity index (χ3n) is 2.04. The van der Waals surface area contributed by atoms with E-state index in [2.05, 4.69) is 25.1 Å². The summed E-state index contributed by atoms with van der Waals surface area (Å²) in [4.78, 5) is 11.2. The molecule has 0 N–H and O–H groups in total. The Bertz CT molecular complexity index is 336. The maximum absolute atomic E-state index is 11.2. The summed E-state index contributed by atoms with van der Waals surface area (Å²) in [6, 6.07) is 8.34. The van der Waals surface area contributed by atoms with Crippen molar-refractivity contribution in [3.05, 3.63) is 35.4 Å². The number of rotatable bonds is 6. The topological polar surface area (TPSA) is 26.3 Å². The number of thioether (sulfide) groups is 1. The number of benzene rings is 1. The minimum absolute atomic E-state index is 0.112. The van der Waals surface area contributed by atoms with E-state index in [9.17, 15) is 4.79 Å². The highest BCUT2D eigenvalue weighted by Crippen LogP contribution is 2.13. The van der Waals surface area contributed by atoms with Gasteiger partial charge in [-0.1, -0.05) is 36.8 Å². The summed E-state index contributed by atoms with van der Waals surface area (Å²) in [6.07, 6.45) is 0.883. The van der Waals surface area contributed by atoms with Gasteiger partial charge < -0.3 is 4.74 Å². The van der Waals surface area contributed by atoms with Crippen LogP contribution < -0.4 is 0 Å². The van der Waals surface area contributed by atoms with Crippen LogP contribution in [0.5, 0.6) is 0 Å². The van der Waals surface area contributed by atoms with E-state index < -0.39 is 0 Å². The van der Waals surface area contributed by atoms with Gasteiger partial charge in [0.05, 0.1) is 12.4 Å². The summed E-state index contributed by atoms with van der Waals surface area (Å²) < 4.78 is 4.99. The quantitative estimate of drug-likeness (QED) is 0.712. The zero-order valence-electron chi connectivity index (χ0n) is 9.86. The fraction of sp³-hybridized carbons (Fsp3) is 0.462. The van der Waals surface area contributed by atoms with Gasteiger partial charge in [-0.25, -0.2) is 0 Å². The van der Waals surface area contributed by atoms with Crippen LogP contribution in [0.4, 0.5) is 0 Å². The first kappa shape index (κ1) is 13.1. The van der Waals surface area contributed by atoms with Crippen molar-refractivity contribution >= 4 is 17.7 Å². The van der Waals surface area contributed by atoms with Gasteiger partial charge in [-0.3, -0.25) is 4.79 Å². The van der Waals surface area contributed by atoms with E-state index in [1.165, 1.54) is 11.1 Å². The van der Waals surface area contributed by atoms with Crippen molar-refractivity contribution in [2.45, 2.75) is 26.0 Å². The van der Waals surface area contributed by atoms with Crippen molar-refractivity contribution in [3.63, 3.8) is 0 Å². The van der Waals surface area contributed by atoms with Gasteiger partial charge in [-0.05, 0) is 18.9 Å². The molecule has 3 heteroatoms. The molecule has 0 amide bonds. The average Bonchev–Trinajstić information content (AvgIpc) is 2.26. The zero-order valence-corrected chi connectivity index (χ0v) is 10.7. The summed E-state index contributed by atoms with van der Waals surface area (Å²) in [5.74, 6) is 1.19. The number of ether oxygens (including phenoxy) is 1. The van der Waals surface area contributed by atoms with Crippen molar-refractivity contribution in [2.24, 2.45) is 0 Å². The Hall–Kier alpha value is -0.960. The van der Waals surface area contributed by atoms with Crippen LogP contribution in [-0.2, 0) is 15.3 Å². The molecule has 0 aliphatic heterocycles. The van der Waals surface area contributed by atoms with Gasteiger partial charge in [0.2, 0.25) is 0 Å². The van der Waals surface area contributed by atoms with Gasteiger partial charge in [-0.15, -0.1) is 11.8 Å². The predicted octanol–water partition coefficient (Wildman–Crippen LogP) is 3.18. The SMILES string of the molecule is CCCOC(=O)CSCc1cccc(C)c1. The van der Waals surface area contributed by atoms with E-state index in [0.29, 0.717) is 12.4 Å². The van der Waals surface area contributed by atoms with Crippen molar-refractivity contribution < 1.29 is 9.53 Å². The van der Waals surface area contributed by atoms with E-state index >= 15 is 0 Å². The first-order valence-corrected chi connectivity index (χ1v) is 6.66. The molecule has 0 heterocycles. The first-order valence-electron chi connectivity index (χ1n) is 5.51. The normalized spacial score (nSPS) is 10.1. The van der Waals surface area contributed by atoms with Gasteiger partial charge in [0, 0.05) is 5.75 Å². The second-order valence-electron chi connectivity index (χ2n) is 3.70. The summed E-state index contributed by atoms with van der Waals surface area (Å²) >= 11 is 1.60. The molecule has 1 aromatic rings. The first-order chi connectivity index (χ1) is 7.72. The molecule has 0 aromatic heterocycles. The molecule has 0 saturated heterocycles. The molecule has 0 aliphatic rings. The Balaban J connectivity index is 2.22. The molecule has 0 radical (unpaired) electrons. The molecule has 0 aliphatic carbocycles. The highest BCUT2D eigenvalue weighted by Gasteiger charge is 2.02. The van der Waals surface area contributed by atoms with Gasteiger partial charge in [0.25, 0.3) is 0 Å². The van der Waals surface area contributed by atoms with Crippen LogP contribution in [0.3, 0.4) is 0 Å². The Morgan fingerprint density at radius 2 is 2.25 bits per heavy atom. The maximum Gasteiger partial charge on any atom is 0.315 e. The molecular formula is C13H18O2S. The van der Waals surface area contributed by atoms with Crippen LogP contribution in [0, 0.1) is 6.92 Å². The Kier molecular flexibility index (Phi) is 6.01. The number of hydrogen-bond acceptors (Lipinski definition) is 3. The summed E-state index contributed by atoms with van der Waals surface area (Å²) in [6.45, 7) is 4.60. The van der Waals surface area contributed by atoms with E-state index in [4.69, 9.17) is 4.74 Å². The van der Waals surface area contributed by atoms with Crippen LogP contribution in [0.1, 0.15) is 24.5 Å². The number of esters is 1. The molecular weight excluding hydrogens is 220 g/mol. The zero-order chi connectivity index (χ0) is 11.8. The van der Waals surface area contributed by atoms with Crippen molar-refractivity contribution in [2.75, 3.05) is 12.4 Å². The largest absolute Gasteiger partial charge is 0.465 e. The monoisotopic (exact) mass is 238 g/mol. The molecule has 0 bridgehead atoms. The van der Waals surface area contributed by atoms with Gasteiger partial charge >= 0.3 is 5.97 Å². The smallest absolute Gasteiger partial charge is 0.315 e. The van der Waals surface area contributed by atoms with Crippen LogP contribution >= 0.6 is 11.8 Å². The third kappa shape index (κ3) is 5.21. The van der Waals surface area contributed by atoms with E-state index in [1.54, 1.807) is 11.8 Å². The van der Waals surface area contributed by atoms with Crippen LogP contribution in [-0.4, -0.2) is 18.3 Å². The fourth-order valence-electron chi connectivity index (χ4n) is 1.31. The molecule has 88 valence electrons. The number of carbonyl (C=O) groups is 1. The minimum Gasteiger partial charge on any atom is -0.465 e. The van der Waals surface area contributed by atoms with Gasteiger partial charge in [0.15, 0.2) is 0 Å². The lowest BCUT2D eigenvalue weighted by Crippen LogP contribution is -2.07. The van der Waals surface area contributed by atoms with Crippen LogP contribution in [0.25, 0.3) is 0 Å². The molecule has 1 aromatic carbocycles. The third-order valence-corrected chi connectivity index (χ3v) is 3.02. The molecule has 0 atom stereocenters. The summed E-state index contributed by atoms with van der Waals surface area (Å²) in [7, 11) is 0. The fourth-order valence-corrected chi connectivity index (χ4v) is 2.08. The second-order valence-corrected chi connectivity index (χ2v) is 4.69. The van der Waals surface area contributed by atoms with Crippen molar-refractivity contribution in [1.82, 2.24) is 0 Å². The minimum atomic E-state index is -0.112. The predicted molar refractivity (Wildman–Crippen MR) is 68.6 cm³/mol. The Morgan fingerprint density at radius 1 is 1.44 bits per heavy atom. The molecule has 2 nitrogen and oxygen atoms in total. The average molecular weight is 238 g/mol. The Morgan fingerprint density at radius 3 is 2.94 bits per heavy atom. The summed E-state index contributed by atoms with van der Waals surface area (Å²) in [5.41, 5.74) is 2.51. The molecule has 0 spiro atoms.